The van der Waals surface area contributed by atoms with E-state index in [4.69, 9.17) is 9.15 Å². The Labute approximate surface area is 130 Å². The van der Waals surface area contributed by atoms with E-state index in [9.17, 15) is 0 Å². The Balaban J connectivity index is 1.93. The summed E-state index contributed by atoms with van der Waals surface area (Å²) in [7, 11) is 0. The molecular formula is C19H32O2. The van der Waals surface area contributed by atoms with E-state index in [0.717, 1.165) is 31.6 Å². The van der Waals surface area contributed by atoms with Crippen LogP contribution in [0.25, 0.3) is 0 Å². The van der Waals surface area contributed by atoms with Crippen molar-refractivity contribution < 1.29 is 9.15 Å². The van der Waals surface area contributed by atoms with E-state index >= 15 is 0 Å². The molecule has 2 nitrogen and oxygen atoms in total. The van der Waals surface area contributed by atoms with Crippen molar-refractivity contribution in [2.45, 2.75) is 90.6 Å². The van der Waals surface area contributed by atoms with Gasteiger partial charge in [-0.05, 0) is 43.7 Å². The minimum absolute atomic E-state index is 0.180. The van der Waals surface area contributed by atoms with Crippen LogP contribution in [0.5, 0.6) is 0 Å². The van der Waals surface area contributed by atoms with E-state index in [1.807, 2.05) is 0 Å². The maximum Gasteiger partial charge on any atom is 0.133 e. The minimum atomic E-state index is 0.180. The zero-order chi connectivity index (χ0) is 14.9. The molecule has 1 heterocycles. The summed E-state index contributed by atoms with van der Waals surface area (Å²) in [5.74, 6) is 2.32. The Bertz CT molecular complexity index is 371. The predicted molar refractivity (Wildman–Crippen MR) is 87.7 cm³/mol. The van der Waals surface area contributed by atoms with Gasteiger partial charge in [0.25, 0.3) is 0 Å². The molecule has 0 bridgehead atoms. The molecule has 1 aliphatic carbocycles. The number of unbranched alkanes of at least 4 members (excludes halogenated alkanes) is 4. The van der Waals surface area contributed by atoms with Crippen LogP contribution in [0.15, 0.2) is 10.5 Å². The quantitative estimate of drug-likeness (QED) is 0.494. The van der Waals surface area contributed by atoms with Gasteiger partial charge < -0.3 is 9.15 Å². The lowest BCUT2D eigenvalue weighted by Gasteiger charge is -2.15. The zero-order valence-corrected chi connectivity index (χ0v) is 14.0. The molecular weight excluding hydrogens is 260 g/mol. The van der Waals surface area contributed by atoms with Gasteiger partial charge in [-0.3, -0.25) is 0 Å². The maximum atomic E-state index is 6.13. The molecule has 0 fully saturated rings. The minimum Gasteiger partial charge on any atom is -0.463 e. The molecule has 0 amide bonds. The van der Waals surface area contributed by atoms with Gasteiger partial charge in [-0.25, -0.2) is 0 Å². The number of hydrogen-bond acceptors (Lipinski definition) is 2. The highest BCUT2D eigenvalue weighted by Crippen LogP contribution is 2.32. The molecule has 0 saturated carbocycles. The van der Waals surface area contributed by atoms with E-state index in [0.29, 0.717) is 0 Å². The highest BCUT2D eigenvalue weighted by molar-refractivity contribution is 5.25. The fourth-order valence-corrected chi connectivity index (χ4v) is 3.11. The van der Waals surface area contributed by atoms with Crippen molar-refractivity contribution in [1.82, 2.24) is 0 Å². The maximum absolute atomic E-state index is 6.13. The molecule has 1 atom stereocenters. The lowest BCUT2D eigenvalue weighted by molar-refractivity contribution is 0.0277. The van der Waals surface area contributed by atoms with Crippen LogP contribution in [-0.4, -0.2) is 6.61 Å². The summed E-state index contributed by atoms with van der Waals surface area (Å²) in [6.07, 6.45) is 13.7. The Morgan fingerprint density at radius 2 is 1.86 bits per heavy atom. The molecule has 1 unspecified atom stereocenters. The molecule has 0 radical (unpaired) electrons. The number of furan rings is 1. The Kier molecular flexibility index (Phi) is 7.35. The molecule has 21 heavy (non-hydrogen) atoms. The second-order valence-electron chi connectivity index (χ2n) is 6.37. The molecule has 2 heteroatoms. The third kappa shape index (κ3) is 5.18. The first kappa shape index (κ1) is 16.6. The second-order valence-corrected chi connectivity index (χ2v) is 6.37. The molecule has 120 valence electrons. The molecule has 0 N–H and O–H groups in total. The highest BCUT2D eigenvalue weighted by atomic mass is 16.5. The SMILES string of the molecule is CCCCCCC(OCCCC)c1cc2c(o1)CCCC2. The average Bonchev–Trinajstić information content (AvgIpc) is 2.93. The van der Waals surface area contributed by atoms with Crippen LogP contribution in [0.4, 0.5) is 0 Å². The zero-order valence-electron chi connectivity index (χ0n) is 14.0. The van der Waals surface area contributed by atoms with Crippen LogP contribution < -0.4 is 0 Å². The van der Waals surface area contributed by atoms with Crippen LogP contribution >= 0.6 is 0 Å². The standard InChI is InChI=1S/C19H32O2/c1-3-5-7-8-13-18(20-14-6-4-2)19-15-16-11-9-10-12-17(16)21-19/h15,18H,3-14H2,1-2H3. The van der Waals surface area contributed by atoms with E-state index in [1.165, 1.54) is 62.7 Å². The monoisotopic (exact) mass is 292 g/mol. The average molecular weight is 292 g/mol. The van der Waals surface area contributed by atoms with Crippen molar-refractivity contribution in [2.24, 2.45) is 0 Å². The van der Waals surface area contributed by atoms with Gasteiger partial charge in [-0.2, -0.15) is 0 Å². The number of fused-ring (bicyclic) bond motifs is 1. The topological polar surface area (TPSA) is 22.4 Å². The van der Waals surface area contributed by atoms with Gasteiger partial charge in [0.15, 0.2) is 0 Å². The number of hydrogen-bond donors (Lipinski definition) is 0. The van der Waals surface area contributed by atoms with Crippen LogP contribution in [0.3, 0.4) is 0 Å². The smallest absolute Gasteiger partial charge is 0.133 e. The Morgan fingerprint density at radius 3 is 2.62 bits per heavy atom. The lowest BCUT2D eigenvalue weighted by atomic mass is 9.98. The molecule has 1 aromatic rings. The van der Waals surface area contributed by atoms with Gasteiger partial charge in [0, 0.05) is 13.0 Å². The third-order valence-corrected chi connectivity index (χ3v) is 4.47. The van der Waals surface area contributed by atoms with Crippen molar-refractivity contribution in [3.8, 4) is 0 Å². The van der Waals surface area contributed by atoms with Crippen molar-refractivity contribution >= 4 is 0 Å². The highest BCUT2D eigenvalue weighted by Gasteiger charge is 2.21. The van der Waals surface area contributed by atoms with E-state index in [1.54, 1.807) is 0 Å². The van der Waals surface area contributed by atoms with E-state index < -0.39 is 0 Å². The molecule has 0 aliphatic heterocycles. The van der Waals surface area contributed by atoms with Crippen molar-refractivity contribution in [3.05, 3.63) is 23.2 Å². The van der Waals surface area contributed by atoms with Crippen LogP contribution in [-0.2, 0) is 17.6 Å². The largest absolute Gasteiger partial charge is 0.463 e. The molecule has 2 rings (SSSR count). The van der Waals surface area contributed by atoms with Crippen molar-refractivity contribution in [1.29, 1.82) is 0 Å². The predicted octanol–water partition coefficient (Wildman–Crippen LogP) is 5.99. The third-order valence-electron chi connectivity index (χ3n) is 4.47. The summed E-state index contributed by atoms with van der Waals surface area (Å²) < 4.78 is 12.3. The second kappa shape index (κ2) is 9.30. The number of rotatable bonds is 10. The number of ether oxygens (including phenoxy) is 1. The van der Waals surface area contributed by atoms with Crippen LogP contribution in [0.1, 0.15) is 94.8 Å². The van der Waals surface area contributed by atoms with Gasteiger partial charge in [0.2, 0.25) is 0 Å². The summed E-state index contributed by atoms with van der Waals surface area (Å²) >= 11 is 0. The van der Waals surface area contributed by atoms with Gasteiger partial charge >= 0.3 is 0 Å². The first-order valence-corrected chi connectivity index (χ1v) is 9.08. The molecule has 1 aromatic heterocycles. The van der Waals surface area contributed by atoms with Crippen LogP contribution in [0, 0.1) is 0 Å². The molecule has 1 aliphatic rings. The summed E-state index contributed by atoms with van der Waals surface area (Å²) in [6.45, 7) is 5.33. The lowest BCUT2D eigenvalue weighted by Crippen LogP contribution is -2.05. The number of aryl methyl sites for hydroxylation is 2. The summed E-state index contributed by atoms with van der Waals surface area (Å²) in [5, 5.41) is 0. The Morgan fingerprint density at radius 1 is 1.05 bits per heavy atom. The van der Waals surface area contributed by atoms with Crippen LogP contribution in [0.2, 0.25) is 0 Å². The summed E-state index contributed by atoms with van der Waals surface area (Å²) in [6, 6.07) is 2.28. The molecule has 0 saturated heterocycles. The fraction of sp³-hybridized carbons (Fsp3) is 0.789. The fourth-order valence-electron chi connectivity index (χ4n) is 3.11. The van der Waals surface area contributed by atoms with Crippen molar-refractivity contribution in [3.63, 3.8) is 0 Å². The van der Waals surface area contributed by atoms with Gasteiger partial charge in [-0.1, -0.05) is 46.0 Å². The first-order valence-electron chi connectivity index (χ1n) is 9.08. The van der Waals surface area contributed by atoms with E-state index in [-0.39, 0.29) is 6.10 Å². The Hall–Kier alpha value is -0.760. The summed E-state index contributed by atoms with van der Waals surface area (Å²) in [4.78, 5) is 0. The molecule has 0 aromatic carbocycles. The molecule has 0 spiro atoms. The van der Waals surface area contributed by atoms with E-state index in [2.05, 4.69) is 19.9 Å². The summed E-state index contributed by atoms with van der Waals surface area (Å²) in [5.41, 5.74) is 1.44. The van der Waals surface area contributed by atoms with Gasteiger partial charge in [0.1, 0.15) is 17.6 Å². The normalized spacial score (nSPS) is 15.9. The van der Waals surface area contributed by atoms with Crippen molar-refractivity contribution in [2.75, 3.05) is 6.61 Å². The van der Waals surface area contributed by atoms with Gasteiger partial charge in [0.05, 0.1) is 0 Å². The van der Waals surface area contributed by atoms with Gasteiger partial charge in [-0.15, -0.1) is 0 Å². The first-order chi connectivity index (χ1) is 10.3.